The first kappa shape index (κ1) is 23.2. The van der Waals surface area contributed by atoms with Crippen LogP contribution in [0.2, 0.25) is 0 Å². The van der Waals surface area contributed by atoms with Gasteiger partial charge in [-0.3, -0.25) is 9.59 Å². The summed E-state index contributed by atoms with van der Waals surface area (Å²) in [5, 5.41) is 2.87. The predicted octanol–water partition coefficient (Wildman–Crippen LogP) is 4.26. The molecule has 5 rings (SSSR count). The van der Waals surface area contributed by atoms with Gasteiger partial charge >= 0.3 is 0 Å². The lowest BCUT2D eigenvalue weighted by atomic mass is 9.88. The van der Waals surface area contributed by atoms with Crippen LogP contribution in [0.5, 0.6) is 5.75 Å². The van der Waals surface area contributed by atoms with E-state index in [2.05, 4.69) is 23.5 Å². The summed E-state index contributed by atoms with van der Waals surface area (Å²) in [6.45, 7) is 3.74. The number of fused-ring (bicyclic) bond motifs is 1. The maximum absolute atomic E-state index is 12.4. The highest BCUT2D eigenvalue weighted by molar-refractivity contribution is 5.91. The largest absolute Gasteiger partial charge is 0.486 e. The van der Waals surface area contributed by atoms with Gasteiger partial charge < -0.3 is 24.1 Å². The zero-order valence-electron chi connectivity index (χ0n) is 19.9. The molecule has 3 aromatic rings. The van der Waals surface area contributed by atoms with E-state index in [4.69, 9.17) is 13.9 Å². The third kappa shape index (κ3) is 5.25. The van der Waals surface area contributed by atoms with Gasteiger partial charge in [0.1, 0.15) is 18.1 Å². The minimum atomic E-state index is -0.254. The molecule has 0 radical (unpaired) electrons. The summed E-state index contributed by atoms with van der Waals surface area (Å²) >= 11 is 0. The van der Waals surface area contributed by atoms with Crippen LogP contribution in [-0.4, -0.2) is 42.5 Å². The van der Waals surface area contributed by atoms with Crippen LogP contribution in [0.3, 0.4) is 0 Å². The Morgan fingerprint density at radius 2 is 1.97 bits per heavy atom. The normalized spacial score (nSPS) is 19.3. The molecule has 1 N–H and O–H groups in total. The van der Waals surface area contributed by atoms with E-state index in [1.54, 1.807) is 19.1 Å². The fraction of sp³-hybridized carbons (Fsp3) is 0.357. The number of carbonyl (C=O) groups excluding carboxylic acids is 2. The first-order valence-corrected chi connectivity index (χ1v) is 12.1. The molecule has 182 valence electrons. The molecule has 1 aromatic heterocycles. The van der Waals surface area contributed by atoms with Crippen LogP contribution >= 0.6 is 0 Å². The zero-order chi connectivity index (χ0) is 24.2. The van der Waals surface area contributed by atoms with Crippen molar-refractivity contribution in [2.24, 2.45) is 0 Å². The lowest BCUT2D eigenvalue weighted by Crippen LogP contribution is -2.39. The SMILES string of the molecule is CC(=O)N1CCc2ccc(OCc3ccc(C(=O)NC[C@@H]4CCCO4)o3)cc2[C@@H]1c1ccccc1. The summed E-state index contributed by atoms with van der Waals surface area (Å²) in [5.74, 6) is 1.31. The molecule has 7 nitrogen and oxygen atoms in total. The second-order valence-electron chi connectivity index (χ2n) is 9.04. The third-order valence-corrected chi connectivity index (χ3v) is 6.65. The number of furan rings is 1. The molecule has 2 aliphatic rings. The lowest BCUT2D eigenvalue weighted by Gasteiger charge is -2.37. The van der Waals surface area contributed by atoms with E-state index in [0.717, 1.165) is 37.0 Å². The molecule has 2 aliphatic heterocycles. The van der Waals surface area contributed by atoms with Gasteiger partial charge in [0, 0.05) is 26.6 Å². The standard InChI is InChI=1S/C28H30N2O5/c1-19(31)30-14-13-20-9-10-22(16-25(20)27(30)21-6-3-2-4-7-21)34-18-24-11-12-26(35-24)28(32)29-17-23-8-5-15-33-23/h2-4,6-7,9-12,16,23,27H,5,8,13-15,17-18H2,1H3,(H,29,32)/t23-,27-/m0/s1. The number of nitrogens with zero attached hydrogens (tertiary/aromatic N) is 1. The van der Waals surface area contributed by atoms with E-state index in [9.17, 15) is 9.59 Å². The number of hydrogen-bond acceptors (Lipinski definition) is 5. The number of carbonyl (C=O) groups is 2. The Balaban J connectivity index is 1.27. The summed E-state index contributed by atoms with van der Waals surface area (Å²) in [4.78, 5) is 26.7. The second-order valence-corrected chi connectivity index (χ2v) is 9.04. The molecule has 1 fully saturated rings. The van der Waals surface area contributed by atoms with Gasteiger partial charge in [-0.25, -0.2) is 0 Å². The molecule has 0 saturated carbocycles. The summed E-state index contributed by atoms with van der Waals surface area (Å²) in [6, 6.07) is 19.4. The maximum atomic E-state index is 12.4. The van der Waals surface area contributed by atoms with Crippen molar-refractivity contribution in [2.45, 2.75) is 44.9 Å². The van der Waals surface area contributed by atoms with Crippen LogP contribution in [0.25, 0.3) is 0 Å². The highest BCUT2D eigenvalue weighted by Gasteiger charge is 2.30. The second kappa shape index (κ2) is 10.4. The number of hydrogen-bond donors (Lipinski definition) is 1. The summed E-state index contributed by atoms with van der Waals surface area (Å²) < 4.78 is 17.3. The molecular weight excluding hydrogens is 444 g/mol. The Morgan fingerprint density at radius 3 is 2.74 bits per heavy atom. The van der Waals surface area contributed by atoms with Crippen molar-refractivity contribution in [2.75, 3.05) is 19.7 Å². The lowest BCUT2D eigenvalue weighted by molar-refractivity contribution is -0.130. The Morgan fingerprint density at radius 1 is 1.11 bits per heavy atom. The van der Waals surface area contributed by atoms with Crippen molar-refractivity contribution in [1.29, 1.82) is 0 Å². The minimum Gasteiger partial charge on any atom is -0.486 e. The average molecular weight is 475 g/mol. The predicted molar refractivity (Wildman–Crippen MR) is 130 cm³/mol. The molecule has 0 aliphatic carbocycles. The number of amides is 2. The van der Waals surface area contributed by atoms with Crippen LogP contribution in [0.4, 0.5) is 0 Å². The monoisotopic (exact) mass is 474 g/mol. The van der Waals surface area contributed by atoms with Gasteiger partial charge in [-0.2, -0.15) is 0 Å². The van der Waals surface area contributed by atoms with Gasteiger partial charge in [-0.15, -0.1) is 0 Å². The highest BCUT2D eigenvalue weighted by atomic mass is 16.5. The highest BCUT2D eigenvalue weighted by Crippen LogP contribution is 2.37. The molecule has 2 amide bonds. The first-order chi connectivity index (χ1) is 17.1. The topological polar surface area (TPSA) is 81.0 Å². The molecule has 0 unspecified atom stereocenters. The average Bonchev–Trinajstić information content (AvgIpc) is 3.58. The van der Waals surface area contributed by atoms with Gasteiger partial charge in [0.25, 0.3) is 5.91 Å². The number of ether oxygens (including phenoxy) is 2. The smallest absolute Gasteiger partial charge is 0.287 e. The Hall–Kier alpha value is -3.58. The van der Waals surface area contributed by atoms with Crippen LogP contribution in [0.1, 0.15) is 58.8 Å². The molecule has 0 bridgehead atoms. The molecular formula is C28H30N2O5. The fourth-order valence-electron chi connectivity index (χ4n) is 4.85. The van der Waals surface area contributed by atoms with E-state index in [1.165, 1.54) is 5.56 Å². The van der Waals surface area contributed by atoms with E-state index in [1.807, 2.05) is 35.2 Å². The number of benzene rings is 2. The number of nitrogens with one attached hydrogen (secondary N) is 1. The van der Waals surface area contributed by atoms with E-state index in [0.29, 0.717) is 24.6 Å². The summed E-state index contributed by atoms with van der Waals surface area (Å²) in [6.07, 6.45) is 2.89. The fourth-order valence-corrected chi connectivity index (χ4v) is 4.85. The van der Waals surface area contributed by atoms with Gasteiger partial charge in [0.15, 0.2) is 5.76 Å². The molecule has 2 aromatic carbocycles. The Bertz CT molecular complexity index is 1180. The van der Waals surface area contributed by atoms with Gasteiger partial charge in [0.05, 0.1) is 12.1 Å². The summed E-state index contributed by atoms with van der Waals surface area (Å²) in [7, 11) is 0. The van der Waals surface area contributed by atoms with E-state index in [-0.39, 0.29) is 36.3 Å². The van der Waals surface area contributed by atoms with Crippen molar-refractivity contribution >= 4 is 11.8 Å². The molecule has 3 heterocycles. The van der Waals surface area contributed by atoms with Crippen molar-refractivity contribution < 1.29 is 23.5 Å². The van der Waals surface area contributed by atoms with Crippen molar-refractivity contribution in [3.05, 3.63) is 88.9 Å². The number of rotatable bonds is 7. The van der Waals surface area contributed by atoms with Crippen LogP contribution in [0.15, 0.2) is 65.1 Å². The molecule has 2 atom stereocenters. The minimum absolute atomic E-state index is 0.0525. The summed E-state index contributed by atoms with van der Waals surface area (Å²) in [5.41, 5.74) is 3.36. The van der Waals surface area contributed by atoms with Crippen molar-refractivity contribution in [1.82, 2.24) is 10.2 Å². The molecule has 0 spiro atoms. The van der Waals surface area contributed by atoms with Gasteiger partial charge in [0.2, 0.25) is 5.91 Å². The van der Waals surface area contributed by atoms with Crippen molar-refractivity contribution in [3.8, 4) is 5.75 Å². The van der Waals surface area contributed by atoms with Gasteiger partial charge in [-0.05, 0) is 60.2 Å². The Kier molecular flexibility index (Phi) is 6.86. The first-order valence-electron chi connectivity index (χ1n) is 12.1. The molecule has 35 heavy (non-hydrogen) atoms. The Labute approximate surface area is 205 Å². The molecule has 7 heteroatoms. The van der Waals surface area contributed by atoms with Crippen LogP contribution in [-0.2, 0) is 22.6 Å². The molecule has 1 saturated heterocycles. The van der Waals surface area contributed by atoms with Gasteiger partial charge in [-0.1, -0.05) is 36.4 Å². The van der Waals surface area contributed by atoms with Crippen molar-refractivity contribution in [3.63, 3.8) is 0 Å². The quantitative estimate of drug-likeness (QED) is 0.553. The maximum Gasteiger partial charge on any atom is 0.287 e. The zero-order valence-corrected chi connectivity index (χ0v) is 19.9. The van der Waals surface area contributed by atoms with Crippen LogP contribution < -0.4 is 10.1 Å². The third-order valence-electron chi connectivity index (χ3n) is 6.65. The van der Waals surface area contributed by atoms with Crippen LogP contribution in [0, 0.1) is 0 Å². The van der Waals surface area contributed by atoms with E-state index < -0.39 is 0 Å². The van der Waals surface area contributed by atoms with E-state index >= 15 is 0 Å².